The number of nitrogens with one attached hydrogen (secondary N) is 1. The predicted octanol–water partition coefficient (Wildman–Crippen LogP) is 4.63. The Morgan fingerprint density at radius 3 is 2.27 bits per heavy atom. The van der Waals surface area contributed by atoms with Gasteiger partial charge in [0.15, 0.2) is 0 Å². The summed E-state index contributed by atoms with van der Waals surface area (Å²) in [6.07, 6.45) is 0. The fraction of sp³-hybridized carbons (Fsp3) is 0.316. The molecule has 3 nitrogen and oxygen atoms in total. The summed E-state index contributed by atoms with van der Waals surface area (Å²) in [6, 6.07) is 14.9. The molecule has 3 heteroatoms. The molecule has 22 heavy (non-hydrogen) atoms. The largest absolute Gasteiger partial charge is 0.323 e. The lowest BCUT2D eigenvalue weighted by Gasteiger charge is -2.26. The molecule has 3 rings (SSSR count). The Morgan fingerprint density at radius 2 is 1.64 bits per heavy atom. The molecule has 0 aromatic heterocycles. The first-order valence-corrected chi connectivity index (χ1v) is 7.60. The summed E-state index contributed by atoms with van der Waals surface area (Å²) in [6.45, 7) is 7.31. The van der Waals surface area contributed by atoms with E-state index < -0.39 is 0 Å². The van der Waals surface area contributed by atoms with Gasteiger partial charge < -0.3 is 10.2 Å². The molecule has 2 aromatic carbocycles. The molecule has 2 aromatic rings. The van der Waals surface area contributed by atoms with Crippen molar-refractivity contribution in [2.24, 2.45) is 0 Å². The van der Waals surface area contributed by atoms with Crippen LogP contribution in [0.4, 0.5) is 10.5 Å². The van der Waals surface area contributed by atoms with Crippen LogP contribution in [0.25, 0.3) is 11.1 Å². The third-order valence-corrected chi connectivity index (χ3v) is 4.19. The summed E-state index contributed by atoms with van der Waals surface area (Å²) in [4.78, 5) is 13.3. The average Bonchev–Trinajstić information content (AvgIpc) is 2.47. The molecule has 0 saturated carbocycles. The second-order valence-corrected chi connectivity index (χ2v) is 6.99. The Labute approximate surface area is 132 Å². The van der Waals surface area contributed by atoms with Gasteiger partial charge in [-0.05, 0) is 39.8 Å². The van der Waals surface area contributed by atoms with Crippen LogP contribution in [0.3, 0.4) is 0 Å². The summed E-state index contributed by atoms with van der Waals surface area (Å²) < 4.78 is 0. The van der Waals surface area contributed by atoms with Crippen LogP contribution >= 0.6 is 0 Å². The lowest BCUT2D eigenvalue weighted by atomic mass is 9.86. The van der Waals surface area contributed by atoms with E-state index in [0.29, 0.717) is 6.54 Å². The van der Waals surface area contributed by atoms with Crippen LogP contribution < -0.4 is 5.32 Å². The van der Waals surface area contributed by atoms with E-state index in [0.717, 1.165) is 11.3 Å². The Balaban J connectivity index is 1.93. The van der Waals surface area contributed by atoms with Crippen molar-refractivity contribution in [2.45, 2.75) is 32.7 Å². The Hall–Kier alpha value is -2.29. The van der Waals surface area contributed by atoms with Gasteiger partial charge in [-0.15, -0.1) is 0 Å². The molecule has 0 spiro atoms. The topological polar surface area (TPSA) is 32.3 Å². The SMILES string of the molecule is CN1Cc2cc(-c3ccc(C(C)(C)C)cc3)ccc2NC1=O. The zero-order valence-corrected chi connectivity index (χ0v) is 13.6. The summed E-state index contributed by atoms with van der Waals surface area (Å²) in [5.41, 5.74) is 5.96. The average molecular weight is 294 g/mol. The first-order valence-electron chi connectivity index (χ1n) is 7.60. The highest BCUT2D eigenvalue weighted by Crippen LogP contribution is 2.30. The van der Waals surface area contributed by atoms with E-state index in [1.165, 1.54) is 16.7 Å². The number of nitrogens with zero attached hydrogens (tertiary/aromatic N) is 1. The predicted molar refractivity (Wildman–Crippen MR) is 91.1 cm³/mol. The van der Waals surface area contributed by atoms with Crippen molar-refractivity contribution in [3.8, 4) is 11.1 Å². The Kier molecular flexibility index (Phi) is 3.44. The monoisotopic (exact) mass is 294 g/mol. The Bertz CT molecular complexity index is 711. The van der Waals surface area contributed by atoms with Gasteiger partial charge in [-0.1, -0.05) is 51.1 Å². The molecule has 0 fully saturated rings. The molecular weight excluding hydrogens is 272 g/mol. The number of hydrogen-bond donors (Lipinski definition) is 1. The van der Waals surface area contributed by atoms with Gasteiger partial charge >= 0.3 is 6.03 Å². The number of urea groups is 1. The van der Waals surface area contributed by atoms with E-state index in [-0.39, 0.29) is 11.4 Å². The van der Waals surface area contributed by atoms with Crippen molar-refractivity contribution in [3.63, 3.8) is 0 Å². The zero-order valence-electron chi connectivity index (χ0n) is 13.6. The van der Waals surface area contributed by atoms with E-state index >= 15 is 0 Å². The fourth-order valence-electron chi connectivity index (χ4n) is 2.73. The van der Waals surface area contributed by atoms with Gasteiger partial charge in [-0.3, -0.25) is 0 Å². The molecule has 1 heterocycles. The lowest BCUT2D eigenvalue weighted by Crippen LogP contribution is -2.35. The number of anilines is 1. The van der Waals surface area contributed by atoms with Crippen LogP contribution in [0.1, 0.15) is 31.9 Å². The van der Waals surface area contributed by atoms with Crippen LogP contribution in [-0.2, 0) is 12.0 Å². The number of carbonyl (C=O) groups is 1. The number of hydrogen-bond acceptors (Lipinski definition) is 1. The van der Waals surface area contributed by atoms with E-state index in [4.69, 9.17) is 0 Å². The minimum Gasteiger partial charge on any atom is -0.323 e. The van der Waals surface area contributed by atoms with Crippen molar-refractivity contribution in [2.75, 3.05) is 12.4 Å². The maximum absolute atomic E-state index is 11.7. The highest BCUT2D eigenvalue weighted by molar-refractivity contribution is 5.92. The van der Waals surface area contributed by atoms with E-state index in [1.807, 2.05) is 13.1 Å². The first kappa shape index (κ1) is 14.6. The third kappa shape index (κ3) is 2.71. The van der Waals surface area contributed by atoms with Crippen LogP contribution in [0.15, 0.2) is 42.5 Å². The van der Waals surface area contributed by atoms with Gasteiger partial charge in [-0.2, -0.15) is 0 Å². The van der Waals surface area contributed by atoms with Crippen molar-refractivity contribution < 1.29 is 4.79 Å². The Morgan fingerprint density at radius 1 is 1.00 bits per heavy atom. The number of benzene rings is 2. The molecule has 0 radical (unpaired) electrons. The van der Waals surface area contributed by atoms with Gasteiger partial charge in [0.2, 0.25) is 0 Å². The number of fused-ring (bicyclic) bond motifs is 1. The molecule has 0 saturated heterocycles. The lowest BCUT2D eigenvalue weighted by molar-refractivity contribution is 0.218. The highest BCUT2D eigenvalue weighted by Gasteiger charge is 2.19. The minimum absolute atomic E-state index is 0.0465. The maximum Gasteiger partial charge on any atom is 0.321 e. The zero-order chi connectivity index (χ0) is 15.9. The molecule has 114 valence electrons. The van der Waals surface area contributed by atoms with Crippen LogP contribution in [-0.4, -0.2) is 18.0 Å². The van der Waals surface area contributed by atoms with Crippen molar-refractivity contribution in [3.05, 3.63) is 53.6 Å². The second-order valence-electron chi connectivity index (χ2n) is 6.99. The minimum atomic E-state index is -0.0465. The van der Waals surface area contributed by atoms with Gasteiger partial charge in [0.1, 0.15) is 0 Å². The molecule has 1 N–H and O–H groups in total. The molecule has 0 atom stereocenters. The molecule has 0 unspecified atom stereocenters. The normalized spacial score (nSPS) is 14.5. The molecule has 1 aliphatic rings. The van der Waals surface area contributed by atoms with Crippen molar-refractivity contribution in [1.29, 1.82) is 0 Å². The summed E-state index contributed by atoms with van der Waals surface area (Å²) in [5.74, 6) is 0. The quantitative estimate of drug-likeness (QED) is 0.817. The highest BCUT2D eigenvalue weighted by atomic mass is 16.2. The van der Waals surface area contributed by atoms with E-state index in [2.05, 4.69) is 62.5 Å². The molecule has 1 aliphatic heterocycles. The van der Waals surface area contributed by atoms with Crippen LogP contribution in [0.5, 0.6) is 0 Å². The first-order chi connectivity index (χ1) is 10.3. The summed E-state index contributed by atoms with van der Waals surface area (Å²) in [7, 11) is 1.81. The third-order valence-electron chi connectivity index (χ3n) is 4.19. The van der Waals surface area contributed by atoms with Gasteiger partial charge in [0.05, 0.1) is 0 Å². The second kappa shape index (κ2) is 5.16. The van der Waals surface area contributed by atoms with Gasteiger partial charge in [0.25, 0.3) is 0 Å². The number of carbonyl (C=O) groups excluding carboxylic acids is 1. The maximum atomic E-state index is 11.7. The summed E-state index contributed by atoms with van der Waals surface area (Å²) >= 11 is 0. The molecule has 0 aliphatic carbocycles. The number of amides is 2. The van der Waals surface area contributed by atoms with Crippen LogP contribution in [0.2, 0.25) is 0 Å². The smallest absolute Gasteiger partial charge is 0.321 e. The molecule has 2 amide bonds. The fourth-order valence-corrected chi connectivity index (χ4v) is 2.73. The molecule has 0 bridgehead atoms. The van der Waals surface area contributed by atoms with Gasteiger partial charge in [-0.25, -0.2) is 4.79 Å². The van der Waals surface area contributed by atoms with E-state index in [1.54, 1.807) is 4.90 Å². The van der Waals surface area contributed by atoms with E-state index in [9.17, 15) is 4.79 Å². The standard InChI is InChI=1S/C19H22N2O/c1-19(2,3)16-8-5-13(6-9-16)14-7-10-17-15(11-14)12-21(4)18(22)20-17/h5-11H,12H2,1-4H3,(H,20,22). The molecular formula is C19H22N2O. The summed E-state index contributed by atoms with van der Waals surface area (Å²) in [5, 5.41) is 2.90. The number of rotatable bonds is 1. The van der Waals surface area contributed by atoms with Crippen molar-refractivity contribution in [1.82, 2.24) is 4.90 Å². The van der Waals surface area contributed by atoms with Crippen LogP contribution in [0, 0.1) is 0 Å². The van der Waals surface area contributed by atoms with Gasteiger partial charge in [0, 0.05) is 19.3 Å². The van der Waals surface area contributed by atoms with Crippen molar-refractivity contribution >= 4 is 11.7 Å².